The Bertz CT molecular complexity index is 455. The summed E-state index contributed by atoms with van der Waals surface area (Å²) in [4.78, 5) is 16.1. The Hall–Kier alpha value is -1.10. The molecule has 21 heavy (non-hydrogen) atoms. The first-order chi connectivity index (χ1) is 10.1. The summed E-state index contributed by atoms with van der Waals surface area (Å²) in [6.45, 7) is 7.21. The lowest BCUT2D eigenvalue weighted by Crippen LogP contribution is -2.47. The van der Waals surface area contributed by atoms with Crippen molar-refractivity contribution >= 4 is 17.5 Å². The molecule has 1 amide bonds. The highest BCUT2D eigenvalue weighted by atomic mass is 35.5. The Labute approximate surface area is 132 Å². The fourth-order valence-electron chi connectivity index (χ4n) is 2.71. The lowest BCUT2D eigenvalue weighted by atomic mass is 10.1. The summed E-state index contributed by atoms with van der Waals surface area (Å²) in [7, 11) is 1.69. The predicted molar refractivity (Wildman–Crippen MR) is 86.6 cm³/mol. The molecule has 0 aliphatic carbocycles. The highest BCUT2D eigenvalue weighted by Gasteiger charge is 2.22. The van der Waals surface area contributed by atoms with Gasteiger partial charge in [-0.25, -0.2) is 0 Å². The van der Waals surface area contributed by atoms with E-state index in [2.05, 4.69) is 34.2 Å². The van der Waals surface area contributed by atoms with E-state index in [1.165, 1.54) is 5.56 Å². The molecule has 0 spiro atoms. The number of hydrogen-bond donors (Lipinski definition) is 1. The largest absolute Gasteiger partial charge is 0.359 e. The maximum Gasteiger partial charge on any atom is 0.221 e. The van der Waals surface area contributed by atoms with Crippen molar-refractivity contribution in [3.05, 3.63) is 34.9 Å². The van der Waals surface area contributed by atoms with Gasteiger partial charge in [-0.05, 0) is 24.6 Å². The predicted octanol–water partition coefficient (Wildman–Crippen LogP) is 2.15. The van der Waals surface area contributed by atoms with Gasteiger partial charge in [0.25, 0.3) is 0 Å². The van der Waals surface area contributed by atoms with Gasteiger partial charge in [-0.1, -0.05) is 23.7 Å². The number of piperazine rings is 1. The maximum absolute atomic E-state index is 11.3. The number of amides is 1. The van der Waals surface area contributed by atoms with Crippen molar-refractivity contribution in [2.24, 2.45) is 0 Å². The summed E-state index contributed by atoms with van der Waals surface area (Å²) in [6.07, 6.45) is 0.587. The van der Waals surface area contributed by atoms with Crippen molar-refractivity contribution in [3.63, 3.8) is 0 Å². The second-order valence-electron chi connectivity index (χ2n) is 5.53. The van der Waals surface area contributed by atoms with Crippen LogP contribution in [-0.2, 0) is 4.79 Å². The van der Waals surface area contributed by atoms with E-state index < -0.39 is 0 Å². The molecule has 5 heteroatoms. The zero-order valence-corrected chi connectivity index (χ0v) is 13.6. The summed E-state index contributed by atoms with van der Waals surface area (Å²) in [5.74, 6) is 0.118. The Morgan fingerprint density at radius 3 is 2.43 bits per heavy atom. The summed E-state index contributed by atoms with van der Waals surface area (Å²) in [5.41, 5.74) is 1.30. The average Bonchev–Trinajstić information content (AvgIpc) is 2.53. The van der Waals surface area contributed by atoms with Gasteiger partial charge in [-0.15, -0.1) is 0 Å². The number of halogens is 1. The topological polar surface area (TPSA) is 35.6 Å². The lowest BCUT2D eigenvalue weighted by molar-refractivity contribution is -0.121. The van der Waals surface area contributed by atoms with Crippen LogP contribution in [0.5, 0.6) is 0 Å². The SMILES string of the molecule is CNC(=O)CCN1CCN([C@@H](C)c2ccc(Cl)cc2)CC1. The van der Waals surface area contributed by atoms with Crippen LogP contribution < -0.4 is 5.32 Å². The molecule has 1 saturated heterocycles. The summed E-state index contributed by atoms with van der Waals surface area (Å²) >= 11 is 5.94. The number of benzene rings is 1. The minimum atomic E-state index is 0.118. The van der Waals surface area contributed by atoms with Crippen molar-refractivity contribution in [2.75, 3.05) is 39.8 Å². The van der Waals surface area contributed by atoms with Gasteiger partial charge in [0.1, 0.15) is 0 Å². The molecule has 1 aliphatic rings. The van der Waals surface area contributed by atoms with Crippen LogP contribution in [0.3, 0.4) is 0 Å². The number of hydrogen-bond acceptors (Lipinski definition) is 3. The van der Waals surface area contributed by atoms with Gasteiger partial charge in [0.2, 0.25) is 5.91 Å². The third-order valence-electron chi connectivity index (χ3n) is 4.24. The van der Waals surface area contributed by atoms with Crippen LogP contribution in [0, 0.1) is 0 Å². The van der Waals surface area contributed by atoms with Crippen LogP contribution in [0.4, 0.5) is 0 Å². The molecule has 0 bridgehead atoms. The van der Waals surface area contributed by atoms with E-state index in [4.69, 9.17) is 11.6 Å². The average molecular weight is 310 g/mol. The van der Waals surface area contributed by atoms with Crippen LogP contribution in [0.1, 0.15) is 24.9 Å². The second kappa shape index (κ2) is 7.78. The molecule has 4 nitrogen and oxygen atoms in total. The van der Waals surface area contributed by atoms with Crippen LogP contribution in [0.2, 0.25) is 5.02 Å². The van der Waals surface area contributed by atoms with Crippen LogP contribution in [0.15, 0.2) is 24.3 Å². The van der Waals surface area contributed by atoms with Gasteiger partial charge < -0.3 is 10.2 Å². The maximum atomic E-state index is 11.3. The molecule has 0 radical (unpaired) electrons. The third kappa shape index (κ3) is 4.70. The molecule has 116 valence electrons. The van der Waals surface area contributed by atoms with Gasteiger partial charge in [0.15, 0.2) is 0 Å². The number of carbonyl (C=O) groups excluding carboxylic acids is 1. The zero-order chi connectivity index (χ0) is 15.2. The zero-order valence-electron chi connectivity index (χ0n) is 12.8. The third-order valence-corrected chi connectivity index (χ3v) is 4.49. The first kappa shape index (κ1) is 16.3. The fraction of sp³-hybridized carbons (Fsp3) is 0.562. The molecule has 1 aromatic rings. The van der Waals surface area contributed by atoms with Crippen molar-refractivity contribution < 1.29 is 4.79 Å². The van der Waals surface area contributed by atoms with Gasteiger partial charge in [0.05, 0.1) is 0 Å². The summed E-state index contributed by atoms with van der Waals surface area (Å²) in [6, 6.07) is 8.51. The van der Waals surface area contributed by atoms with Crippen molar-refractivity contribution in [1.29, 1.82) is 0 Å². The van der Waals surface area contributed by atoms with Crippen molar-refractivity contribution in [3.8, 4) is 0 Å². The van der Waals surface area contributed by atoms with E-state index in [0.29, 0.717) is 12.5 Å². The Kier molecular flexibility index (Phi) is 6.03. The molecule has 1 aromatic carbocycles. The van der Waals surface area contributed by atoms with Crippen molar-refractivity contribution in [2.45, 2.75) is 19.4 Å². The molecule has 1 aliphatic heterocycles. The van der Waals surface area contributed by atoms with Gasteiger partial charge >= 0.3 is 0 Å². The molecule has 1 N–H and O–H groups in total. The normalized spacial score (nSPS) is 18.4. The van der Waals surface area contributed by atoms with E-state index in [9.17, 15) is 4.79 Å². The standard InChI is InChI=1S/C16H24ClN3O/c1-13(14-3-5-15(17)6-4-14)20-11-9-19(10-12-20)8-7-16(21)18-2/h3-6,13H,7-12H2,1-2H3,(H,18,21)/t13-/m0/s1. The molecular formula is C16H24ClN3O. The molecule has 1 fully saturated rings. The fourth-order valence-corrected chi connectivity index (χ4v) is 2.84. The first-order valence-electron chi connectivity index (χ1n) is 7.52. The molecule has 0 unspecified atom stereocenters. The number of rotatable bonds is 5. The van der Waals surface area contributed by atoms with Crippen LogP contribution >= 0.6 is 11.6 Å². The van der Waals surface area contributed by atoms with E-state index in [0.717, 1.165) is 37.7 Å². The Morgan fingerprint density at radius 1 is 1.24 bits per heavy atom. The smallest absolute Gasteiger partial charge is 0.221 e. The molecule has 0 aromatic heterocycles. The van der Waals surface area contributed by atoms with E-state index >= 15 is 0 Å². The second-order valence-corrected chi connectivity index (χ2v) is 5.96. The number of nitrogens with zero attached hydrogens (tertiary/aromatic N) is 2. The monoisotopic (exact) mass is 309 g/mol. The minimum Gasteiger partial charge on any atom is -0.359 e. The van der Waals surface area contributed by atoms with E-state index in [1.807, 2.05) is 12.1 Å². The van der Waals surface area contributed by atoms with Gasteiger partial charge in [-0.3, -0.25) is 9.69 Å². The molecule has 2 rings (SSSR count). The van der Waals surface area contributed by atoms with Crippen LogP contribution in [0.25, 0.3) is 0 Å². The van der Waals surface area contributed by atoms with Crippen LogP contribution in [-0.4, -0.2) is 55.5 Å². The Balaban J connectivity index is 1.80. The molecule has 1 heterocycles. The first-order valence-corrected chi connectivity index (χ1v) is 7.90. The van der Waals surface area contributed by atoms with E-state index in [1.54, 1.807) is 7.05 Å². The molecular weight excluding hydrogens is 286 g/mol. The number of carbonyl (C=O) groups is 1. The highest BCUT2D eigenvalue weighted by Crippen LogP contribution is 2.23. The summed E-state index contributed by atoms with van der Waals surface area (Å²) in [5, 5.41) is 3.45. The number of nitrogens with one attached hydrogen (secondary N) is 1. The van der Waals surface area contributed by atoms with Gasteiger partial charge in [0, 0.05) is 57.3 Å². The van der Waals surface area contributed by atoms with Crippen molar-refractivity contribution in [1.82, 2.24) is 15.1 Å². The quantitative estimate of drug-likeness (QED) is 0.905. The minimum absolute atomic E-state index is 0.118. The van der Waals surface area contributed by atoms with Gasteiger partial charge in [-0.2, -0.15) is 0 Å². The highest BCUT2D eigenvalue weighted by molar-refractivity contribution is 6.30. The Morgan fingerprint density at radius 2 is 1.86 bits per heavy atom. The molecule has 1 atom stereocenters. The van der Waals surface area contributed by atoms with E-state index in [-0.39, 0.29) is 5.91 Å². The summed E-state index contributed by atoms with van der Waals surface area (Å²) < 4.78 is 0. The molecule has 0 saturated carbocycles. The lowest BCUT2D eigenvalue weighted by Gasteiger charge is -2.38.